The van der Waals surface area contributed by atoms with Crippen LogP contribution in [0.3, 0.4) is 0 Å². The number of aromatic nitrogens is 2. The van der Waals surface area contributed by atoms with Gasteiger partial charge in [0.25, 0.3) is 0 Å². The Balaban J connectivity index is 0.949. The molecule has 0 fully saturated rings. The lowest BCUT2D eigenvalue weighted by atomic mass is 9.85. The SMILES string of the molecule is C1=CCC(N(c2ccccc2)C2C=CC(N(c3ccccc3)c3cccc(-c4cccc(-c5cccc6c5c5ccccc5n6C5C=CC=CC5)c4-c4ccc5c(c4)c4ccccc4n5-c4ccccc4)c3)=CC2)C=C1. The van der Waals surface area contributed by atoms with Crippen LogP contribution < -0.4 is 9.80 Å². The molecule has 2 aromatic heterocycles. The molecule has 0 spiro atoms. The number of hydrogen-bond donors (Lipinski definition) is 0. The third-order valence-electron chi connectivity index (χ3n) is 15.8. The van der Waals surface area contributed by atoms with Crippen LogP contribution in [-0.2, 0) is 0 Å². The second kappa shape index (κ2) is 19.5. The van der Waals surface area contributed by atoms with E-state index in [4.69, 9.17) is 0 Å². The Morgan fingerprint density at radius 3 is 1.79 bits per heavy atom. The van der Waals surface area contributed by atoms with Crippen molar-refractivity contribution in [1.29, 1.82) is 0 Å². The van der Waals surface area contributed by atoms with Crippen molar-refractivity contribution < 1.29 is 0 Å². The van der Waals surface area contributed by atoms with Crippen LogP contribution in [0.5, 0.6) is 0 Å². The van der Waals surface area contributed by atoms with Gasteiger partial charge < -0.3 is 18.9 Å². The molecule has 0 saturated carbocycles. The van der Waals surface area contributed by atoms with Crippen molar-refractivity contribution in [1.82, 2.24) is 9.13 Å². The molecule has 0 N–H and O–H groups in total. The minimum absolute atomic E-state index is 0.204. The molecule has 0 bridgehead atoms. The van der Waals surface area contributed by atoms with E-state index in [1.54, 1.807) is 0 Å². The number of benzene rings is 9. The molecule has 0 saturated heterocycles. The third-order valence-corrected chi connectivity index (χ3v) is 15.8. The summed E-state index contributed by atoms with van der Waals surface area (Å²) in [6.45, 7) is 0. The summed E-state index contributed by atoms with van der Waals surface area (Å²) in [6.07, 6.45) is 28.0. The van der Waals surface area contributed by atoms with Crippen molar-refractivity contribution in [3.63, 3.8) is 0 Å². The van der Waals surface area contributed by atoms with E-state index in [1.165, 1.54) is 77.1 Å². The third kappa shape index (κ3) is 7.93. The average molecular weight is 977 g/mol. The zero-order valence-corrected chi connectivity index (χ0v) is 42.3. The highest BCUT2D eigenvalue weighted by Gasteiger charge is 2.28. The smallest absolute Gasteiger partial charge is 0.0560 e. The minimum Gasteiger partial charge on any atom is -0.358 e. The molecule has 3 aliphatic carbocycles. The van der Waals surface area contributed by atoms with E-state index in [1.807, 2.05) is 0 Å². The number of allylic oxidation sites excluding steroid dienone is 7. The van der Waals surface area contributed by atoms with Crippen LogP contribution in [-0.4, -0.2) is 21.2 Å². The Hall–Kier alpha value is -9.38. The molecule has 4 heteroatoms. The lowest BCUT2D eigenvalue weighted by molar-refractivity contribution is 0.614. The fourth-order valence-electron chi connectivity index (χ4n) is 12.5. The summed E-state index contributed by atoms with van der Waals surface area (Å²) in [4.78, 5) is 5.02. The number of hydrogen-bond acceptors (Lipinski definition) is 2. The lowest BCUT2D eigenvalue weighted by Gasteiger charge is -2.39. The molecule has 3 atom stereocenters. The molecule has 2 heterocycles. The van der Waals surface area contributed by atoms with Crippen LogP contribution in [0.4, 0.5) is 17.1 Å². The van der Waals surface area contributed by atoms with Crippen LogP contribution in [0.25, 0.3) is 82.7 Å². The summed E-state index contributed by atoms with van der Waals surface area (Å²) in [5, 5.41) is 5.01. The van der Waals surface area contributed by atoms with Crippen molar-refractivity contribution in [3.8, 4) is 39.1 Å². The van der Waals surface area contributed by atoms with Gasteiger partial charge in [-0.25, -0.2) is 0 Å². The van der Waals surface area contributed by atoms with E-state index in [2.05, 4.69) is 304 Å². The van der Waals surface area contributed by atoms with Crippen LogP contribution in [0.2, 0.25) is 0 Å². The summed E-state index contributed by atoms with van der Waals surface area (Å²) in [6, 6.07) is 81.3. The lowest BCUT2D eigenvalue weighted by Crippen LogP contribution is -2.42. The quantitative estimate of drug-likeness (QED) is 0.128. The van der Waals surface area contributed by atoms with Gasteiger partial charge in [0.2, 0.25) is 0 Å². The van der Waals surface area contributed by atoms with Crippen molar-refractivity contribution in [2.45, 2.75) is 37.4 Å². The molecule has 9 aromatic carbocycles. The van der Waals surface area contributed by atoms with Crippen LogP contribution in [0, 0.1) is 0 Å². The topological polar surface area (TPSA) is 16.3 Å². The maximum atomic E-state index is 2.59. The summed E-state index contributed by atoms with van der Waals surface area (Å²) in [5.74, 6) is 0. The normalized spacial score (nSPS) is 17.0. The summed E-state index contributed by atoms with van der Waals surface area (Å²) in [5.41, 5.74) is 17.8. The van der Waals surface area contributed by atoms with Gasteiger partial charge in [-0.1, -0.05) is 200 Å². The zero-order chi connectivity index (χ0) is 50.4. The molecule has 76 heavy (non-hydrogen) atoms. The highest BCUT2D eigenvalue weighted by atomic mass is 15.2. The van der Waals surface area contributed by atoms with Gasteiger partial charge in [0, 0.05) is 55.5 Å². The van der Waals surface area contributed by atoms with Crippen molar-refractivity contribution in [2.75, 3.05) is 9.80 Å². The molecular weight excluding hydrogens is 921 g/mol. The summed E-state index contributed by atoms with van der Waals surface area (Å²) in [7, 11) is 0. The largest absolute Gasteiger partial charge is 0.358 e. The molecule has 3 aliphatic rings. The van der Waals surface area contributed by atoms with E-state index in [0.29, 0.717) is 0 Å². The summed E-state index contributed by atoms with van der Waals surface area (Å²) < 4.78 is 4.97. The Kier molecular flexibility index (Phi) is 11.6. The van der Waals surface area contributed by atoms with Gasteiger partial charge in [0.1, 0.15) is 0 Å². The Bertz CT molecular complexity index is 4170. The van der Waals surface area contributed by atoms with Gasteiger partial charge in [-0.15, -0.1) is 0 Å². The van der Waals surface area contributed by atoms with Crippen LogP contribution in [0.1, 0.15) is 25.3 Å². The number of fused-ring (bicyclic) bond motifs is 6. The highest BCUT2D eigenvalue weighted by molar-refractivity contribution is 6.17. The standard InChI is InChI=1S/C72H56N4/c1-6-24-53(25-7-1)73(54-26-8-2-9-27-54)58-44-46-59(47-45-58)74(55-28-10-3-11-29-55)60-34-20-23-51(49-60)61-37-21-38-63(64-39-22-42-70-72(64)65-36-17-19-41-68(65)76(70)57-32-14-5-15-33-57)71(61)52-43-48-69-66(50-52)62-35-16-18-40-67(62)75(69)56-30-12-4-13-31-56/h1-26,28-32,34-44,46-50,54,57-58H,27,33,45H2. The molecule has 11 aromatic rings. The fourth-order valence-corrected chi connectivity index (χ4v) is 12.5. The molecule has 0 amide bonds. The fraction of sp³-hybridized carbons (Fsp3) is 0.0833. The summed E-state index contributed by atoms with van der Waals surface area (Å²) >= 11 is 0. The van der Waals surface area contributed by atoms with E-state index < -0.39 is 0 Å². The zero-order valence-electron chi connectivity index (χ0n) is 42.3. The van der Waals surface area contributed by atoms with Gasteiger partial charge in [-0.05, 0) is 138 Å². The maximum Gasteiger partial charge on any atom is 0.0560 e. The van der Waals surface area contributed by atoms with E-state index in [0.717, 1.165) is 47.6 Å². The second-order valence-corrected chi connectivity index (χ2v) is 20.2. The first kappa shape index (κ1) is 45.3. The van der Waals surface area contributed by atoms with E-state index >= 15 is 0 Å². The predicted octanol–water partition coefficient (Wildman–Crippen LogP) is 18.7. The monoisotopic (exact) mass is 976 g/mol. The van der Waals surface area contributed by atoms with Gasteiger partial charge in [0.15, 0.2) is 0 Å². The first-order valence-corrected chi connectivity index (χ1v) is 26.8. The Labute approximate surface area is 444 Å². The van der Waals surface area contributed by atoms with Gasteiger partial charge >= 0.3 is 0 Å². The minimum atomic E-state index is 0.204. The van der Waals surface area contributed by atoms with Gasteiger partial charge in [-0.3, -0.25) is 0 Å². The number of rotatable bonds is 11. The molecule has 0 radical (unpaired) electrons. The van der Waals surface area contributed by atoms with Gasteiger partial charge in [-0.2, -0.15) is 0 Å². The van der Waals surface area contributed by atoms with E-state index in [-0.39, 0.29) is 18.1 Å². The Morgan fingerprint density at radius 2 is 1.03 bits per heavy atom. The molecule has 0 aliphatic heterocycles. The number of anilines is 3. The van der Waals surface area contributed by atoms with Crippen molar-refractivity contribution in [3.05, 3.63) is 291 Å². The Morgan fingerprint density at radius 1 is 0.395 bits per heavy atom. The van der Waals surface area contributed by atoms with E-state index in [9.17, 15) is 0 Å². The molecule has 3 unspecified atom stereocenters. The predicted molar refractivity (Wildman–Crippen MR) is 322 cm³/mol. The van der Waals surface area contributed by atoms with Crippen LogP contribution in [0.15, 0.2) is 291 Å². The molecule has 364 valence electrons. The second-order valence-electron chi connectivity index (χ2n) is 20.2. The van der Waals surface area contributed by atoms with Crippen LogP contribution >= 0.6 is 0 Å². The first-order valence-electron chi connectivity index (χ1n) is 26.8. The molecular formula is C72H56N4. The van der Waals surface area contributed by atoms with Crippen molar-refractivity contribution >= 4 is 60.7 Å². The number of nitrogens with zero attached hydrogens (tertiary/aromatic N) is 4. The first-order chi connectivity index (χ1) is 37.7. The highest BCUT2D eigenvalue weighted by Crippen LogP contribution is 2.48. The molecule has 14 rings (SSSR count). The molecule has 4 nitrogen and oxygen atoms in total. The number of para-hydroxylation sites is 5. The maximum absolute atomic E-state index is 2.59. The van der Waals surface area contributed by atoms with Gasteiger partial charge in [0.05, 0.1) is 34.7 Å². The van der Waals surface area contributed by atoms with Crippen molar-refractivity contribution in [2.24, 2.45) is 0 Å². The average Bonchev–Trinajstić information content (AvgIpc) is 4.11.